The molecular formula is C15H21N3O4S3. The van der Waals surface area contributed by atoms with E-state index in [0.717, 1.165) is 30.7 Å². The molecule has 1 saturated heterocycles. The van der Waals surface area contributed by atoms with Crippen LogP contribution >= 0.6 is 24.0 Å². The molecule has 0 N–H and O–H groups in total. The van der Waals surface area contributed by atoms with E-state index in [1.165, 1.54) is 16.4 Å². The number of sulfonamides is 1. The van der Waals surface area contributed by atoms with Crippen molar-refractivity contribution in [2.75, 3.05) is 27.2 Å². The number of hydrogen-bond acceptors (Lipinski definition) is 6. The lowest BCUT2D eigenvalue weighted by molar-refractivity contribution is -0.387. The minimum Gasteiger partial charge on any atom is -0.363 e. The summed E-state index contributed by atoms with van der Waals surface area (Å²) in [5.74, 6) is 0.283. The highest BCUT2D eigenvalue weighted by Crippen LogP contribution is 2.34. The van der Waals surface area contributed by atoms with Crippen LogP contribution in [0.4, 0.5) is 5.69 Å². The fourth-order valence-corrected chi connectivity index (χ4v) is 5.22. The summed E-state index contributed by atoms with van der Waals surface area (Å²) in [6.07, 6.45) is 1.79. The Morgan fingerprint density at radius 3 is 2.68 bits per heavy atom. The van der Waals surface area contributed by atoms with Crippen molar-refractivity contribution in [1.82, 2.24) is 9.21 Å². The van der Waals surface area contributed by atoms with Crippen LogP contribution in [0.1, 0.15) is 19.8 Å². The molecule has 1 fully saturated rings. The molecule has 0 radical (unpaired) electrons. The van der Waals surface area contributed by atoms with E-state index >= 15 is 0 Å². The standard InChI is InChI=1S/C15H21N3O4S3/c1-11-5-4-8-17(10-11)25(21,22)12-6-7-14(13(9-12)18(19)20)24-15(23)16(2)3/h6-7,9,11H,4-5,8,10H2,1-3H3/t11-/m0/s1. The monoisotopic (exact) mass is 403 g/mol. The summed E-state index contributed by atoms with van der Waals surface area (Å²) in [4.78, 5) is 12.8. The smallest absolute Gasteiger partial charge is 0.284 e. The fourth-order valence-electron chi connectivity index (χ4n) is 2.59. The number of thiocarbonyl (C=S) groups is 1. The second-order valence-electron chi connectivity index (χ2n) is 6.26. The first kappa shape index (κ1) is 20.1. The minimum atomic E-state index is -3.74. The van der Waals surface area contributed by atoms with Gasteiger partial charge in [0.05, 0.1) is 14.7 Å². The van der Waals surface area contributed by atoms with E-state index in [4.69, 9.17) is 12.2 Å². The van der Waals surface area contributed by atoms with E-state index in [9.17, 15) is 18.5 Å². The lowest BCUT2D eigenvalue weighted by Crippen LogP contribution is -2.39. The van der Waals surface area contributed by atoms with E-state index in [-0.39, 0.29) is 16.5 Å². The summed E-state index contributed by atoms with van der Waals surface area (Å²) in [6, 6.07) is 4.01. The van der Waals surface area contributed by atoms with E-state index in [2.05, 4.69) is 0 Å². The molecule has 1 aromatic rings. The van der Waals surface area contributed by atoms with Crippen LogP contribution in [0.2, 0.25) is 0 Å². The summed E-state index contributed by atoms with van der Waals surface area (Å²) in [7, 11) is -0.241. The van der Waals surface area contributed by atoms with Crippen molar-refractivity contribution in [3.63, 3.8) is 0 Å². The molecule has 0 aromatic heterocycles. The Balaban J connectivity index is 2.38. The summed E-state index contributed by atoms with van der Waals surface area (Å²) in [6.45, 7) is 2.89. The summed E-state index contributed by atoms with van der Waals surface area (Å²) in [5, 5.41) is 11.4. The Kier molecular flexibility index (Phi) is 6.41. The van der Waals surface area contributed by atoms with Gasteiger partial charge in [-0.1, -0.05) is 30.9 Å². The maximum absolute atomic E-state index is 12.8. The minimum absolute atomic E-state index is 0.0478. The Labute approximate surface area is 157 Å². The van der Waals surface area contributed by atoms with E-state index < -0.39 is 14.9 Å². The second kappa shape index (κ2) is 7.98. The molecule has 25 heavy (non-hydrogen) atoms. The molecule has 10 heteroatoms. The molecular weight excluding hydrogens is 382 g/mol. The van der Waals surface area contributed by atoms with Crippen LogP contribution in [-0.4, -0.2) is 54.1 Å². The van der Waals surface area contributed by atoms with Gasteiger partial charge in [-0.3, -0.25) is 10.1 Å². The van der Waals surface area contributed by atoms with Gasteiger partial charge in [0.2, 0.25) is 10.0 Å². The van der Waals surface area contributed by atoms with Gasteiger partial charge in [-0.05, 0) is 30.9 Å². The lowest BCUT2D eigenvalue weighted by Gasteiger charge is -2.30. The zero-order chi connectivity index (χ0) is 18.8. The van der Waals surface area contributed by atoms with E-state index in [1.807, 2.05) is 6.92 Å². The van der Waals surface area contributed by atoms with Crippen LogP contribution in [0.15, 0.2) is 28.0 Å². The van der Waals surface area contributed by atoms with Gasteiger partial charge in [0.15, 0.2) is 0 Å². The van der Waals surface area contributed by atoms with Crippen molar-refractivity contribution in [3.8, 4) is 0 Å². The normalized spacial score (nSPS) is 18.8. The van der Waals surface area contributed by atoms with Crippen molar-refractivity contribution >= 4 is 44.0 Å². The molecule has 1 aromatic carbocycles. The van der Waals surface area contributed by atoms with E-state index in [0.29, 0.717) is 22.3 Å². The molecule has 0 saturated carbocycles. The van der Waals surface area contributed by atoms with Gasteiger partial charge < -0.3 is 4.90 Å². The maximum atomic E-state index is 12.8. The molecule has 0 bridgehead atoms. The Hall–Kier alpha value is -1.23. The molecule has 0 unspecified atom stereocenters. The molecule has 2 rings (SSSR count). The van der Waals surface area contributed by atoms with Gasteiger partial charge in [-0.2, -0.15) is 4.31 Å². The van der Waals surface area contributed by atoms with E-state index in [1.54, 1.807) is 19.0 Å². The van der Waals surface area contributed by atoms with Crippen LogP contribution < -0.4 is 0 Å². The highest BCUT2D eigenvalue weighted by Gasteiger charge is 2.30. The first-order valence-corrected chi connectivity index (χ1v) is 10.5. The third kappa shape index (κ3) is 4.69. The third-order valence-electron chi connectivity index (χ3n) is 3.95. The van der Waals surface area contributed by atoms with Crippen LogP contribution in [0, 0.1) is 16.0 Å². The van der Waals surface area contributed by atoms with Crippen LogP contribution in [0.25, 0.3) is 0 Å². The topological polar surface area (TPSA) is 83.8 Å². The summed E-state index contributed by atoms with van der Waals surface area (Å²) in [5.41, 5.74) is -0.250. The highest BCUT2D eigenvalue weighted by molar-refractivity contribution is 8.23. The number of nitrogens with zero attached hydrogens (tertiary/aromatic N) is 3. The zero-order valence-electron chi connectivity index (χ0n) is 14.3. The molecule has 0 spiro atoms. The Bertz CT molecular complexity index is 780. The molecule has 1 aliphatic rings. The number of nitro benzene ring substituents is 1. The molecule has 0 amide bonds. The molecule has 1 aliphatic heterocycles. The average Bonchev–Trinajstić information content (AvgIpc) is 2.54. The average molecular weight is 404 g/mol. The molecule has 138 valence electrons. The van der Waals surface area contributed by atoms with Crippen molar-refractivity contribution in [2.45, 2.75) is 29.6 Å². The summed E-state index contributed by atoms with van der Waals surface area (Å²) >= 11 is 6.24. The van der Waals surface area contributed by atoms with Gasteiger partial charge in [0, 0.05) is 33.3 Å². The van der Waals surface area contributed by atoms with Gasteiger partial charge in [-0.15, -0.1) is 0 Å². The van der Waals surface area contributed by atoms with Gasteiger partial charge in [-0.25, -0.2) is 8.42 Å². The maximum Gasteiger partial charge on any atom is 0.284 e. The largest absolute Gasteiger partial charge is 0.363 e. The van der Waals surface area contributed by atoms with Crippen LogP contribution in [0.3, 0.4) is 0 Å². The quantitative estimate of drug-likeness (QED) is 0.331. The van der Waals surface area contributed by atoms with Crippen molar-refractivity contribution in [1.29, 1.82) is 0 Å². The van der Waals surface area contributed by atoms with Crippen molar-refractivity contribution in [2.24, 2.45) is 5.92 Å². The molecule has 7 nitrogen and oxygen atoms in total. The van der Waals surface area contributed by atoms with Crippen molar-refractivity contribution < 1.29 is 13.3 Å². The summed E-state index contributed by atoms with van der Waals surface area (Å²) < 4.78 is 27.5. The van der Waals surface area contributed by atoms with Gasteiger partial charge in [0.1, 0.15) is 4.32 Å². The predicted octanol–water partition coefficient (Wildman–Crippen LogP) is 2.95. The van der Waals surface area contributed by atoms with Gasteiger partial charge in [0.25, 0.3) is 5.69 Å². The lowest BCUT2D eigenvalue weighted by atomic mass is 10.0. The number of nitro groups is 1. The second-order valence-corrected chi connectivity index (χ2v) is 9.87. The fraction of sp³-hybridized carbons (Fsp3) is 0.533. The Morgan fingerprint density at radius 2 is 2.12 bits per heavy atom. The first-order chi connectivity index (χ1) is 11.6. The predicted molar refractivity (Wildman–Crippen MR) is 102 cm³/mol. The van der Waals surface area contributed by atoms with Crippen LogP contribution in [-0.2, 0) is 10.0 Å². The molecule has 1 heterocycles. The number of piperidine rings is 1. The first-order valence-electron chi connectivity index (χ1n) is 7.80. The highest BCUT2D eigenvalue weighted by atomic mass is 32.2. The SMILES string of the molecule is C[C@H]1CCCN(S(=O)(=O)c2ccc(SC(=S)N(C)C)c([N+](=O)[O-])c2)C1. The Morgan fingerprint density at radius 1 is 1.44 bits per heavy atom. The number of benzene rings is 1. The van der Waals surface area contributed by atoms with Crippen LogP contribution in [0.5, 0.6) is 0 Å². The number of hydrogen-bond donors (Lipinski definition) is 0. The number of thioether (sulfide) groups is 1. The molecule has 1 atom stereocenters. The number of rotatable bonds is 4. The molecule has 0 aliphatic carbocycles. The van der Waals surface area contributed by atoms with Gasteiger partial charge >= 0.3 is 0 Å². The third-order valence-corrected chi connectivity index (χ3v) is 7.53. The zero-order valence-corrected chi connectivity index (χ0v) is 16.8. The van der Waals surface area contributed by atoms with Crippen molar-refractivity contribution in [3.05, 3.63) is 28.3 Å².